The molecule has 3 aliphatic rings. The van der Waals surface area contributed by atoms with E-state index in [1.54, 1.807) is 52.3 Å². The van der Waals surface area contributed by atoms with Crippen LogP contribution in [0.25, 0.3) is 0 Å². The first kappa shape index (κ1) is 29.1. The largest absolute Gasteiger partial charge is 0.396 e. The summed E-state index contributed by atoms with van der Waals surface area (Å²) in [5, 5.41) is 22.7. The van der Waals surface area contributed by atoms with Gasteiger partial charge in [-0.15, -0.1) is 0 Å². The second-order valence-electron chi connectivity index (χ2n) is 11.9. The Bertz CT molecular complexity index is 1500. The van der Waals surface area contributed by atoms with Crippen molar-refractivity contribution in [3.8, 4) is 0 Å². The van der Waals surface area contributed by atoms with Gasteiger partial charge in [-0.25, -0.2) is 0 Å². The smallest absolute Gasteiger partial charge is 0.258 e. The molecule has 2 amide bonds. The molecule has 1 saturated heterocycles. The first-order valence-corrected chi connectivity index (χ1v) is 15.1. The van der Waals surface area contributed by atoms with Gasteiger partial charge in [-0.2, -0.15) is 0 Å². The van der Waals surface area contributed by atoms with E-state index in [9.17, 15) is 19.8 Å². The first-order valence-electron chi connectivity index (χ1n) is 14.3. The number of amides is 2. The Hall–Kier alpha value is -2.94. The molecule has 2 aliphatic heterocycles. The van der Waals surface area contributed by atoms with E-state index in [4.69, 9.17) is 27.9 Å². The molecule has 42 heavy (non-hydrogen) atoms. The van der Waals surface area contributed by atoms with Crippen LogP contribution in [0.2, 0.25) is 10.0 Å². The van der Waals surface area contributed by atoms with Crippen LogP contribution < -0.4 is 0 Å². The number of nitrogens with zero attached hydrogens (tertiary/aromatic N) is 2. The molecule has 220 valence electrons. The van der Waals surface area contributed by atoms with Gasteiger partial charge in [-0.3, -0.25) is 14.5 Å². The lowest BCUT2D eigenvalue weighted by molar-refractivity contribution is -0.149. The number of rotatable bonds is 9. The molecule has 1 aliphatic carbocycles. The Kier molecular flexibility index (Phi) is 7.61. The number of likely N-dealkylation sites (tertiary alicyclic amines) is 1. The predicted molar refractivity (Wildman–Crippen MR) is 160 cm³/mol. The molecule has 2 heterocycles. The zero-order chi connectivity index (χ0) is 29.7. The van der Waals surface area contributed by atoms with Crippen LogP contribution in [0.5, 0.6) is 0 Å². The van der Waals surface area contributed by atoms with Crippen molar-refractivity contribution in [2.45, 2.75) is 50.5 Å². The van der Waals surface area contributed by atoms with Gasteiger partial charge in [-0.1, -0.05) is 59.6 Å². The molecule has 0 radical (unpaired) electrons. The van der Waals surface area contributed by atoms with Gasteiger partial charge in [0.05, 0.1) is 13.2 Å². The fraction of sp³-hybridized carbons (Fsp3) is 0.394. The van der Waals surface area contributed by atoms with Crippen molar-refractivity contribution in [1.82, 2.24) is 9.80 Å². The molecule has 1 saturated carbocycles. The van der Waals surface area contributed by atoms with E-state index >= 15 is 0 Å². The van der Waals surface area contributed by atoms with E-state index in [0.717, 1.165) is 31.2 Å². The molecular weight excluding hydrogens is 575 g/mol. The average molecular weight is 610 g/mol. The van der Waals surface area contributed by atoms with Gasteiger partial charge in [-0.05, 0) is 74.1 Å². The molecular formula is C33H34Cl2N2O5. The van der Waals surface area contributed by atoms with Crippen LogP contribution in [0.1, 0.15) is 65.2 Å². The van der Waals surface area contributed by atoms with Crippen LogP contribution in [0, 0.1) is 5.41 Å². The summed E-state index contributed by atoms with van der Waals surface area (Å²) in [6.45, 7) is 3.13. The highest BCUT2D eigenvalue weighted by Gasteiger charge is 2.55. The number of aliphatic hydroxyl groups is 2. The van der Waals surface area contributed by atoms with Crippen LogP contribution in [0.3, 0.4) is 0 Å². The Balaban J connectivity index is 1.49. The lowest BCUT2D eigenvalue weighted by Crippen LogP contribution is -2.47. The Morgan fingerprint density at radius 2 is 1.60 bits per heavy atom. The molecule has 7 nitrogen and oxygen atoms in total. The van der Waals surface area contributed by atoms with Crippen LogP contribution >= 0.6 is 23.2 Å². The van der Waals surface area contributed by atoms with Gasteiger partial charge in [0, 0.05) is 51.8 Å². The number of hydrogen-bond donors (Lipinski definition) is 2. The average Bonchev–Trinajstić information content (AvgIpc) is 3.49. The quantitative estimate of drug-likeness (QED) is 0.336. The SMILES string of the molecule is CC(O)(C(=O)N1CCCC1)c1ccc2c(c1)C(=O)N(Cc1ccc(Cl)cc1)[C@@]2(OCC1(CO)CC1)c1ccc(Cl)cc1. The Labute approximate surface area is 255 Å². The van der Waals surface area contributed by atoms with Gasteiger partial charge >= 0.3 is 0 Å². The van der Waals surface area contributed by atoms with Gasteiger partial charge in [0.15, 0.2) is 11.3 Å². The van der Waals surface area contributed by atoms with Crippen LogP contribution in [0.15, 0.2) is 66.7 Å². The molecule has 6 rings (SSSR count). The molecule has 3 aromatic carbocycles. The van der Waals surface area contributed by atoms with Crippen LogP contribution in [0.4, 0.5) is 0 Å². The maximum Gasteiger partial charge on any atom is 0.258 e. The summed E-state index contributed by atoms with van der Waals surface area (Å²) < 4.78 is 6.83. The third-order valence-corrected chi connectivity index (χ3v) is 9.49. The number of benzene rings is 3. The Morgan fingerprint density at radius 1 is 0.976 bits per heavy atom. The van der Waals surface area contributed by atoms with Crippen LogP contribution in [-0.4, -0.2) is 58.1 Å². The number of ether oxygens (including phenoxy) is 1. The second-order valence-corrected chi connectivity index (χ2v) is 12.8. The second kappa shape index (κ2) is 11.0. The summed E-state index contributed by atoms with van der Waals surface area (Å²) in [5.74, 6) is -0.669. The summed E-state index contributed by atoms with van der Waals surface area (Å²) in [6, 6.07) is 19.6. The predicted octanol–water partition coefficient (Wildman–Crippen LogP) is 5.47. The number of hydrogen-bond acceptors (Lipinski definition) is 5. The topological polar surface area (TPSA) is 90.3 Å². The highest BCUT2D eigenvalue weighted by molar-refractivity contribution is 6.30. The summed E-state index contributed by atoms with van der Waals surface area (Å²) in [5.41, 5.74) is -0.656. The molecule has 2 atom stereocenters. The first-order chi connectivity index (χ1) is 20.1. The van der Waals surface area contributed by atoms with Crippen molar-refractivity contribution in [3.63, 3.8) is 0 Å². The minimum Gasteiger partial charge on any atom is -0.396 e. The van der Waals surface area contributed by atoms with Crippen molar-refractivity contribution in [1.29, 1.82) is 0 Å². The highest BCUT2D eigenvalue weighted by Crippen LogP contribution is 2.51. The van der Waals surface area contributed by atoms with E-state index in [-0.39, 0.29) is 37.0 Å². The molecule has 0 bridgehead atoms. The third-order valence-electron chi connectivity index (χ3n) is 8.98. The summed E-state index contributed by atoms with van der Waals surface area (Å²) in [7, 11) is 0. The zero-order valence-corrected chi connectivity index (χ0v) is 25.0. The number of fused-ring (bicyclic) bond motifs is 1. The maximum atomic E-state index is 14.4. The van der Waals surface area contributed by atoms with Gasteiger partial charge in [0.1, 0.15) is 0 Å². The third kappa shape index (κ3) is 5.01. The minimum absolute atomic E-state index is 0.0118. The van der Waals surface area contributed by atoms with Crippen LogP contribution in [-0.2, 0) is 27.4 Å². The summed E-state index contributed by atoms with van der Waals surface area (Å²) >= 11 is 12.4. The fourth-order valence-corrected chi connectivity index (χ4v) is 6.32. The van der Waals surface area contributed by atoms with Gasteiger partial charge in [0.2, 0.25) is 0 Å². The molecule has 1 unspecified atom stereocenters. The van der Waals surface area contributed by atoms with Crippen molar-refractivity contribution in [3.05, 3.63) is 105 Å². The van der Waals surface area contributed by atoms with Crippen molar-refractivity contribution >= 4 is 35.0 Å². The molecule has 3 aromatic rings. The van der Waals surface area contributed by atoms with E-state index in [0.29, 0.717) is 45.4 Å². The van der Waals surface area contributed by atoms with Gasteiger partial charge in [0.25, 0.3) is 11.8 Å². The summed E-state index contributed by atoms with van der Waals surface area (Å²) in [4.78, 5) is 31.1. The van der Waals surface area contributed by atoms with E-state index in [2.05, 4.69) is 0 Å². The summed E-state index contributed by atoms with van der Waals surface area (Å²) in [6.07, 6.45) is 3.47. The molecule has 9 heteroatoms. The molecule has 0 aromatic heterocycles. The normalized spacial score (nSPS) is 22.3. The monoisotopic (exact) mass is 608 g/mol. The van der Waals surface area contributed by atoms with E-state index < -0.39 is 11.3 Å². The maximum absolute atomic E-state index is 14.4. The highest BCUT2D eigenvalue weighted by atomic mass is 35.5. The lowest BCUT2D eigenvalue weighted by Gasteiger charge is -2.40. The van der Waals surface area contributed by atoms with Crippen molar-refractivity contribution in [2.75, 3.05) is 26.3 Å². The number of carbonyl (C=O) groups is 2. The zero-order valence-electron chi connectivity index (χ0n) is 23.5. The Morgan fingerprint density at radius 3 is 2.19 bits per heavy atom. The molecule has 2 fully saturated rings. The lowest BCUT2D eigenvalue weighted by atomic mass is 9.88. The molecule has 0 spiro atoms. The van der Waals surface area contributed by atoms with Crippen molar-refractivity contribution in [2.24, 2.45) is 5.41 Å². The number of aliphatic hydroxyl groups excluding tert-OH is 1. The van der Waals surface area contributed by atoms with E-state index in [1.165, 1.54) is 6.92 Å². The van der Waals surface area contributed by atoms with Crippen molar-refractivity contribution < 1.29 is 24.5 Å². The van der Waals surface area contributed by atoms with Gasteiger partial charge < -0.3 is 19.8 Å². The fourth-order valence-electron chi connectivity index (χ4n) is 6.07. The van der Waals surface area contributed by atoms with E-state index in [1.807, 2.05) is 24.3 Å². The molecule has 2 N–H and O–H groups in total. The standard InChI is InChI=1S/C33H34Cl2N2O5/c1-31(41,30(40)36-16-2-3-17-36)24-8-13-28-27(18-24)29(39)37(19-22-4-9-25(34)10-5-22)33(28,23-6-11-26(35)12-7-23)42-21-32(20-38)14-15-32/h4-13,18,38,41H,2-3,14-17,19-21H2,1H3/t31?,33-/m1/s1. The number of halogens is 2. The number of carbonyl (C=O) groups excluding carboxylic acids is 2. The minimum atomic E-state index is -1.80.